The smallest absolute Gasteiger partial charge is 0.272 e. The van der Waals surface area contributed by atoms with Crippen molar-refractivity contribution in [2.45, 2.75) is 19.4 Å². The zero-order valence-electron chi connectivity index (χ0n) is 19.0. The lowest BCUT2D eigenvalue weighted by atomic mass is 10.1. The van der Waals surface area contributed by atoms with Gasteiger partial charge in [0.25, 0.3) is 11.8 Å². The average Bonchev–Trinajstić information content (AvgIpc) is 3.38. The van der Waals surface area contributed by atoms with Gasteiger partial charge in [0, 0.05) is 36.6 Å². The Hall–Kier alpha value is -3.69. The molecule has 0 aliphatic heterocycles. The molecule has 0 fully saturated rings. The normalized spacial score (nSPS) is 12.0. The number of aliphatic hydroxyl groups excluding tert-OH is 1. The van der Waals surface area contributed by atoms with Gasteiger partial charge in [0.2, 0.25) is 0 Å². The fraction of sp³-hybridized carbons (Fsp3) is 0.250. The van der Waals surface area contributed by atoms with Gasteiger partial charge in [-0.2, -0.15) is 5.10 Å². The second-order valence-corrected chi connectivity index (χ2v) is 8.39. The number of hydrogen-bond donors (Lipinski definition) is 4. The number of aromatic amines is 1. The number of carbonyl (C=O) groups excluding carboxylic acids is 2. The minimum absolute atomic E-state index is 0.271. The van der Waals surface area contributed by atoms with Gasteiger partial charge >= 0.3 is 0 Å². The minimum Gasteiger partial charge on any atom is -0.388 e. The van der Waals surface area contributed by atoms with Gasteiger partial charge in [0.05, 0.1) is 17.3 Å². The van der Waals surface area contributed by atoms with Crippen LogP contribution < -0.4 is 10.6 Å². The predicted octanol–water partition coefficient (Wildman–Crippen LogP) is 3.14. The minimum atomic E-state index is -0.707. The summed E-state index contributed by atoms with van der Waals surface area (Å²) in [4.78, 5) is 29.4. The quantitative estimate of drug-likeness (QED) is 0.323. The highest BCUT2D eigenvalue weighted by Gasteiger charge is 2.21. The number of benzene rings is 2. The molecule has 4 rings (SSSR count). The van der Waals surface area contributed by atoms with E-state index in [1.165, 1.54) is 0 Å². The molecule has 0 spiro atoms. The lowest BCUT2D eigenvalue weighted by Gasteiger charge is -2.12. The van der Waals surface area contributed by atoms with E-state index in [-0.39, 0.29) is 11.8 Å². The van der Waals surface area contributed by atoms with E-state index in [2.05, 4.69) is 25.8 Å². The first kappa shape index (κ1) is 23.5. The van der Waals surface area contributed by atoms with Gasteiger partial charge in [0.15, 0.2) is 5.69 Å². The van der Waals surface area contributed by atoms with Crippen LogP contribution in [-0.2, 0) is 7.05 Å². The molecule has 2 aromatic carbocycles. The van der Waals surface area contributed by atoms with Gasteiger partial charge in [-0.15, -0.1) is 0 Å². The van der Waals surface area contributed by atoms with E-state index in [4.69, 9.17) is 11.6 Å². The number of nitrogens with zero attached hydrogens (tertiary/aromatic N) is 3. The summed E-state index contributed by atoms with van der Waals surface area (Å²) < 4.78 is 1.73. The highest BCUT2D eigenvalue weighted by atomic mass is 35.5. The number of halogens is 1. The Kier molecular flexibility index (Phi) is 6.67. The SMILES string of the molecule is CNC(=O)c1n[nH]c2cc(-c3nc(C)c(C(=O)NCC[C@H](O)c4ccc(Cl)cc4)n3C)ccc12. The first-order valence-corrected chi connectivity index (χ1v) is 11.1. The lowest BCUT2D eigenvalue weighted by Crippen LogP contribution is -2.28. The Labute approximate surface area is 201 Å². The molecular weight excluding hydrogens is 456 g/mol. The van der Waals surface area contributed by atoms with Gasteiger partial charge in [-0.25, -0.2) is 4.98 Å². The lowest BCUT2D eigenvalue weighted by molar-refractivity contribution is 0.0931. The summed E-state index contributed by atoms with van der Waals surface area (Å²) in [6, 6.07) is 12.5. The number of nitrogens with one attached hydrogen (secondary N) is 3. The summed E-state index contributed by atoms with van der Waals surface area (Å²) in [5.41, 5.74) is 3.56. The summed E-state index contributed by atoms with van der Waals surface area (Å²) in [6.07, 6.45) is -0.344. The molecule has 176 valence electrons. The average molecular weight is 481 g/mol. The highest BCUT2D eigenvalue weighted by molar-refractivity contribution is 6.30. The van der Waals surface area contributed by atoms with Gasteiger partial charge in [-0.3, -0.25) is 14.7 Å². The van der Waals surface area contributed by atoms with Gasteiger partial charge in [-0.1, -0.05) is 29.8 Å². The molecule has 4 N–H and O–H groups in total. The van der Waals surface area contributed by atoms with E-state index in [1.807, 2.05) is 12.1 Å². The molecule has 34 heavy (non-hydrogen) atoms. The Balaban J connectivity index is 1.49. The molecule has 1 atom stereocenters. The van der Waals surface area contributed by atoms with Crippen molar-refractivity contribution in [3.63, 3.8) is 0 Å². The molecule has 9 nitrogen and oxygen atoms in total. The largest absolute Gasteiger partial charge is 0.388 e. The maximum atomic E-state index is 12.9. The third kappa shape index (κ3) is 4.52. The molecule has 0 bridgehead atoms. The maximum Gasteiger partial charge on any atom is 0.272 e. The summed E-state index contributed by atoms with van der Waals surface area (Å²) in [7, 11) is 3.33. The van der Waals surface area contributed by atoms with Crippen molar-refractivity contribution in [3.8, 4) is 11.4 Å². The van der Waals surface area contributed by atoms with Crippen LogP contribution in [0.1, 0.15) is 44.8 Å². The molecule has 0 saturated heterocycles. The van der Waals surface area contributed by atoms with Gasteiger partial charge in [-0.05, 0) is 43.2 Å². The first-order chi connectivity index (χ1) is 16.3. The first-order valence-electron chi connectivity index (χ1n) is 10.8. The molecule has 2 heterocycles. The van der Waals surface area contributed by atoms with Crippen LogP contribution >= 0.6 is 11.6 Å². The molecule has 4 aromatic rings. The van der Waals surface area contributed by atoms with Gasteiger partial charge in [0.1, 0.15) is 11.5 Å². The number of aliphatic hydroxyl groups is 1. The number of amides is 2. The molecule has 2 amide bonds. The van der Waals surface area contributed by atoms with Crippen molar-refractivity contribution in [3.05, 3.63) is 70.1 Å². The van der Waals surface area contributed by atoms with Crippen molar-refractivity contribution >= 4 is 34.3 Å². The van der Waals surface area contributed by atoms with Crippen molar-refractivity contribution in [1.29, 1.82) is 0 Å². The topological polar surface area (TPSA) is 125 Å². The van der Waals surface area contributed by atoms with E-state index >= 15 is 0 Å². The number of fused-ring (bicyclic) bond motifs is 1. The summed E-state index contributed by atoms with van der Waals surface area (Å²) in [6.45, 7) is 2.07. The second-order valence-electron chi connectivity index (χ2n) is 7.95. The fourth-order valence-corrected chi connectivity index (χ4v) is 4.04. The Morgan fingerprint density at radius 3 is 2.62 bits per heavy atom. The number of H-pyrrole nitrogens is 1. The Bertz CT molecular complexity index is 1360. The fourth-order valence-electron chi connectivity index (χ4n) is 3.92. The molecule has 0 aliphatic rings. The number of imidazole rings is 1. The van der Waals surface area contributed by atoms with E-state index in [0.717, 1.165) is 11.1 Å². The van der Waals surface area contributed by atoms with Crippen LogP contribution in [0.4, 0.5) is 0 Å². The van der Waals surface area contributed by atoms with Crippen molar-refractivity contribution in [2.24, 2.45) is 7.05 Å². The number of aromatic nitrogens is 4. The van der Waals surface area contributed by atoms with Crippen LogP contribution in [-0.4, -0.2) is 50.3 Å². The van der Waals surface area contributed by atoms with Gasteiger partial charge < -0.3 is 20.3 Å². The number of aryl methyl sites for hydroxylation is 1. The molecule has 0 aliphatic carbocycles. The van der Waals surface area contributed by atoms with Crippen molar-refractivity contribution < 1.29 is 14.7 Å². The molecule has 0 radical (unpaired) electrons. The van der Waals surface area contributed by atoms with E-state index in [1.54, 1.807) is 55.9 Å². The summed E-state index contributed by atoms with van der Waals surface area (Å²) >= 11 is 5.89. The molecule has 0 unspecified atom stereocenters. The third-order valence-electron chi connectivity index (χ3n) is 5.71. The second kappa shape index (κ2) is 9.66. The van der Waals surface area contributed by atoms with E-state index in [0.29, 0.717) is 51.8 Å². The monoisotopic (exact) mass is 480 g/mol. The third-order valence-corrected chi connectivity index (χ3v) is 5.96. The standard InChI is InChI=1S/C24H25ClN6O3/c1-13-21(24(34)27-11-10-19(32)14-4-7-16(25)8-5-14)31(3)22(28-13)15-6-9-17-18(12-15)29-30-20(17)23(33)26-2/h4-9,12,19,32H,10-11H2,1-3H3,(H,26,33)(H,27,34)(H,29,30)/t19-/m0/s1. The molecular formula is C24H25ClN6O3. The summed E-state index contributed by atoms with van der Waals surface area (Å²) in [5, 5.41) is 24.1. The van der Waals surface area contributed by atoms with Crippen molar-refractivity contribution in [1.82, 2.24) is 30.4 Å². The van der Waals surface area contributed by atoms with Crippen LogP contribution in [0.25, 0.3) is 22.3 Å². The van der Waals surface area contributed by atoms with E-state index < -0.39 is 6.10 Å². The van der Waals surface area contributed by atoms with Crippen LogP contribution in [0, 0.1) is 6.92 Å². The highest BCUT2D eigenvalue weighted by Crippen LogP contribution is 2.26. The van der Waals surface area contributed by atoms with Crippen LogP contribution in [0.2, 0.25) is 5.02 Å². The zero-order valence-corrected chi connectivity index (χ0v) is 19.8. The zero-order chi connectivity index (χ0) is 24.4. The van der Waals surface area contributed by atoms with Crippen LogP contribution in [0.3, 0.4) is 0 Å². The molecule has 2 aromatic heterocycles. The molecule has 0 saturated carbocycles. The number of carbonyl (C=O) groups is 2. The van der Waals surface area contributed by atoms with Crippen LogP contribution in [0.5, 0.6) is 0 Å². The van der Waals surface area contributed by atoms with Crippen molar-refractivity contribution in [2.75, 3.05) is 13.6 Å². The van der Waals surface area contributed by atoms with E-state index in [9.17, 15) is 14.7 Å². The Morgan fingerprint density at radius 2 is 1.91 bits per heavy atom. The maximum absolute atomic E-state index is 12.9. The molecule has 10 heteroatoms. The van der Waals surface area contributed by atoms with Crippen LogP contribution in [0.15, 0.2) is 42.5 Å². The Morgan fingerprint density at radius 1 is 1.18 bits per heavy atom. The predicted molar refractivity (Wildman–Crippen MR) is 130 cm³/mol. The number of hydrogen-bond acceptors (Lipinski definition) is 5. The number of rotatable bonds is 7. The summed E-state index contributed by atoms with van der Waals surface area (Å²) in [5.74, 6) is 0.0698.